The number of aliphatic carboxylic acids is 1. The second-order valence-corrected chi connectivity index (χ2v) is 9.42. The van der Waals surface area contributed by atoms with Crippen LogP contribution in [0.2, 0.25) is 0 Å². The largest absolute Gasteiger partial charge is 0.477 e. The van der Waals surface area contributed by atoms with E-state index in [1.165, 1.54) is 4.90 Å². The van der Waals surface area contributed by atoms with Crippen molar-refractivity contribution in [1.82, 2.24) is 10.2 Å². The number of fused-ring (bicyclic) bond motifs is 1. The van der Waals surface area contributed by atoms with Crippen molar-refractivity contribution in [3.8, 4) is 0 Å². The second-order valence-electron chi connectivity index (χ2n) is 8.07. The molecule has 2 saturated heterocycles. The molecule has 0 aliphatic carbocycles. The summed E-state index contributed by atoms with van der Waals surface area (Å²) in [4.78, 5) is 39.5. The Balaban J connectivity index is 1.50. The van der Waals surface area contributed by atoms with Crippen LogP contribution in [0.3, 0.4) is 0 Å². The molecule has 4 rings (SSSR count). The van der Waals surface area contributed by atoms with E-state index in [4.69, 9.17) is 4.74 Å². The highest BCUT2D eigenvalue weighted by Crippen LogP contribution is 2.52. The lowest BCUT2D eigenvalue weighted by molar-refractivity contribution is -0.163. The number of benzene rings is 1. The normalized spacial score (nSPS) is 27.5. The van der Waals surface area contributed by atoms with Gasteiger partial charge in [-0.15, -0.1) is 11.8 Å². The average molecular weight is 431 g/mol. The molecule has 0 spiro atoms. The number of hydrogen-bond acceptors (Lipinski definition) is 6. The molecule has 3 aliphatic rings. The number of amides is 1. The van der Waals surface area contributed by atoms with Crippen LogP contribution in [0.25, 0.3) is 0 Å². The van der Waals surface area contributed by atoms with Gasteiger partial charge in [-0.05, 0) is 45.0 Å². The summed E-state index contributed by atoms with van der Waals surface area (Å²) in [6.45, 7) is 5.53. The van der Waals surface area contributed by atoms with Crippen LogP contribution in [0.15, 0.2) is 40.9 Å². The van der Waals surface area contributed by atoms with Crippen LogP contribution in [-0.4, -0.2) is 58.3 Å². The summed E-state index contributed by atoms with van der Waals surface area (Å²) in [6, 6.07) is 8.37. The Morgan fingerprint density at radius 1 is 1.23 bits per heavy atom. The van der Waals surface area contributed by atoms with Crippen LogP contribution in [0, 0.1) is 11.8 Å². The van der Waals surface area contributed by atoms with E-state index in [2.05, 4.69) is 5.32 Å². The Morgan fingerprint density at radius 2 is 1.90 bits per heavy atom. The molecule has 2 fully saturated rings. The predicted octanol–water partition coefficient (Wildman–Crippen LogP) is 2.49. The van der Waals surface area contributed by atoms with Crippen LogP contribution in [0.4, 0.5) is 0 Å². The highest BCUT2D eigenvalue weighted by Gasteiger charge is 2.61. The van der Waals surface area contributed by atoms with Gasteiger partial charge >= 0.3 is 11.9 Å². The van der Waals surface area contributed by atoms with E-state index in [-0.39, 0.29) is 23.6 Å². The molecule has 3 aliphatic heterocycles. The first-order valence-electron chi connectivity index (χ1n) is 10.3. The van der Waals surface area contributed by atoms with Crippen LogP contribution in [-0.2, 0) is 14.3 Å². The molecule has 2 N–H and O–H groups in total. The van der Waals surface area contributed by atoms with Crippen molar-refractivity contribution in [3.63, 3.8) is 0 Å². The Labute approximate surface area is 179 Å². The molecule has 0 unspecified atom stereocenters. The minimum absolute atomic E-state index is 0.100. The third-order valence-electron chi connectivity index (χ3n) is 6.18. The van der Waals surface area contributed by atoms with Gasteiger partial charge in [0.2, 0.25) is 5.91 Å². The van der Waals surface area contributed by atoms with Gasteiger partial charge in [-0.3, -0.25) is 4.79 Å². The number of nitrogens with one attached hydrogen (secondary N) is 1. The van der Waals surface area contributed by atoms with Crippen molar-refractivity contribution in [2.24, 2.45) is 11.8 Å². The number of rotatable bonds is 6. The van der Waals surface area contributed by atoms with E-state index in [0.29, 0.717) is 10.8 Å². The van der Waals surface area contributed by atoms with Gasteiger partial charge in [-0.25, -0.2) is 9.59 Å². The van der Waals surface area contributed by atoms with Crippen LogP contribution >= 0.6 is 11.8 Å². The summed E-state index contributed by atoms with van der Waals surface area (Å²) < 4.78 is 5.58. The minimum atomic E-state index is -1.07. The molecule has 30 heavy (non-hydrogen) atoms. The lowest BCUT2D eigenvalue weighted by Gasteiger charge is -2.47. The van der Waals surface area contributed by atoms with Gasteiger partial charge in [0, 0.05) is 16.1 Å². The maximum absolute atomic E-state index is 12.9. The Kier molecular flexibility index (Phi) is 5.88. The van der Waals surface area contributed by atoms with E-state index < -0.39 is 24.0 Å². The fourth-order valence-electron chi connectivity index (χ4n) is 4.64. The number of β-lactam (4-membered cyclic amide) rings is 1. The molecule has 1 amide bonds. The van der Waals surface area contributed by atoms with Gasteiger partial charge in [0.25, 0.3) is 0 Å². The highest BCUT2D eigenvalue weighted by atomic mass is 32.2. The summed E-state index contributed by atoms with van der Waals surface area (Å²) in [6.07, 6.45) is 1.31. The number of carboxylic acid groups (broad SMARTS) is 1. The molecule has 4 atom stereocenters. The molecule has 160 valence electrons. The summed E-state index contributed by atoms with van der Waals surface area (Å²) in [5, 5.41) is 13.5. The molecule has 0 aromatic heterocycles. The van der Waals surface area contributed by atoms with Gasteiger partial charge in [-0.1, -0.05) is 25.1 Å². The Hall–Kier alpha value is -2.32. The lowest BCUT2D eigenvalue weighted by atomic mass is 9.79. The summed E-state index contributed by atoms with van der Waals surface area (Å²) in [7, 11) is 0. The molecule has 0 radical (unpaired) electrons. The third kappa shape index (κ3) is 3.63. The first-order chi connectivity index (χ1) is 14.4. The van der Waals surface area contributed by atoms with Crippen molar-refractivity contribution in [3.05, 3.63) is 46.5 Å². The molecular formula is C22H26N2O5S. The lowest BCUT2D eigenvalue weighted by Crippen LogP contribution is -2.64. The molecule has 8 heteroatoms. The first-order valence-corrected chi connectivity index (χ1v) is 11.2. The van der Waals surface area contributed by atoms with Crippen molar-refractivity contribution in [2.45, 2.75) is 44.1 Å². The Bertz CT molecular complexity index is 881. The monoisotopic (exact) mass is 430 g/mol. The van der Waals surface area contributed by atoms with Gasteiger partial charge < -0.3 is 20.1 Å². The summed E-state index contributed by atoms with van der Waals surface area (Å²) in [5.74, 6) is -2.46. The predicted molar refractivity (Wildman–Crippen MR) is 113 cm³/mol. The zero-order valence-electron chi connectivity index (χ0n) is 17.0. The number of thioether (sulfide) groups is 1. The molecule has 0 saturated carbocycles. The van der Waals surface area contributed by atoms with Gasteiger partial charge in [0.05, 0.1) is 17.5 Å². The van der Waals surface area contributed by atoms with E-state index >= 15 is 0 Å². The van der Waals surface area contributed by atoms with E-state index in [9.17, 15) is 19.5 Å². The smallest absolute Gasteiger partial charge is 0.353 e. The summed E-state index contributed by atoms with van der Waals surface area (Å²) in [5.41, 5.74) is 0.540. The number of carbonyl (C=O) groups excluding carboxylic acids is 2. The maximum atomic E-state index is 12.9. The number of nitrogens with zero attached hydrogens (tertiary/aromatic N) is 1. The van der Waals surface area contributed by atoms with E-state index in [1.807, 2.05) is 13.0 Å². The van der Waals surface area contributed by atoms with Crippen molar-refractivity contribution < 1.29 is 24.2 Å². The number of carbonyl (C=O) groups is 3. The quantitative estimate of drug-likeness (QED) is 0.529. The number of piperidine rings is 1. The zero-order valence-corrected chi connectivity index (χ0v) is 17.9. The van der Waals surface area contributed by atoms with Crippen LogP contribution in [0.1, 0.15) is 37.0 Å². The zero-order chi connectivity index (χ0) is 21.4. The highest BCUT2D eigenvalue weighted by molar-refractivity contribution is 8.03. The number of ether oxygens (including phenoxy) is 1. The van der Waals surface area contributed by atoms with Crippen molar-refractivity contribution in [2.75, 3.05) is 13.1 Å². The minimum Gasteiger partial charge on any atom is -0.477 e. The standard InChI is InChI=1S/C22H26N2O5S/c1-12-17-16(13(2)29-22(28)14-6-4-3-5-7-14)20(25)24(17)18(21(26)27)19(12)30-15-8-10-23-11-9-15/h3-7,12-13,15-17,23H,8-11H2,1-2H3,(H,26,27)/t12-,13-,16-,17-/m1/s1. The average Bonchev–Trinajstić information content (AvgIpc) is 2.98. The van der Waals surface area contributed by atoms with Gasteiger partial charge in [0.15, 0.2) is 0 Å². The van der Waals surface area contributed by atoms with E-state index in [0.717, 1.165) is 30.8 Å². The third-order valence-corrected chi connectivity index (χ3v) is 7.80. The number of hydrogen-bond donors (Lipinski definition) is 2. The fourth-order valence-corrected chi connectivity index (χ4v) is 6.12. The van der Waals surface area contributed by atoms with Gasteiger partial charge in [-0.2, -0.15) is 0 Å². The molecule has 1 aromatic carbocycles. The van der Waals surface area contributed by atoms with Gasteiger partial charge in [0.1, 0.15) is 11.8 Å². The second kappa shape index (κ2) is 8.43. The van der Waals surface area contributed by atoms with Crippen LogP contribution in [0.5, 0.6) is 0 Å². The molecular weight excluding hydrogens is 404 g/mol. The SMILES string of the molecule is C[C@@H](OC(=O)c1ccccc1)[C@H]1C(=O)N2C(C(=O)O)=C(SC3CCNCC3)[C@H](C)[C@H]12. The molecule has 7 nitrogen and oxygen atoms in total. The fraction of sp³-hybridized carbons (Fsp3) is 0.500. The molecule has 3 heterocycles. The molecule has 1 aromatic rings. The van der Waals surface area contributed by atoms with Crippen molar-refractivity contribution in [1.29, 1.82) is 0 Å². The topological polar surface area (TPSA) is 95.9 Å². The first kappa shape index (κ1) is 20.9. The van der Waals surface area contributed by atoms with Crippen LogP contribution < -0.4 is 5.32 Å². The molecule has 0 bridgehead atoms. The van der Waals surface area contributed by atoms with Crippen molar-refractivity contribution >= 4 is 29.6 Å². The maximum Gasteiger partial charge on any atom is 0.353 e. The number of carboxylic acids is 1. The summed E-state index contributed by atoms with van der Waals surface area (Å²) >= 11 is 1.60. The Morgan fingerprint density at radius 3 is 2.53 bits per heavy atom. The van der Waals surface area contributed by atoms with E-state index in [1.54, 1.807) is 43.0 Å². The number of esters is 1.